The van der Waals surface area contributed by atoms with Crippen molar-refractivity contribution >= 4 is 15.9 Å². The molecule has 1 aromatic carbocycles. The minimum Gasteiger partial charge on any atom is -0.491 e. The van der Waals surface area contributed by atoms with Crippen molar-refractivity contribution in [1.29, 1.82) is 0 Å². The number of benzene rings is 1. The van der Waals surface area contributed by atoms with Gasteiger partial charge in [0.2, 0.25) is 0 Å². The van der Waals surface area contributed by atoms with Gasteiger partial charge in [-0.3, -0.25) is 0 Å². The van der Waals surface area contributed by atoms with Crippen LogP contribution in [-0.2, 0) is 9.47 Å². The second-order valence-corrected chi connectivity index (χ2v) is 5.08. The van der Waals surface area contributed by atoms with Crippen molar-refractivity contribution in [3.63, 3.8) is 0 Å². The molecule has 19 heavy (non-hydrogen) atoms. The van der Waals surface area contributed by atoms with E-state index in [9.17, 15) is 5.11 Å². The van der Waals surface area contributed by atoms with Gasteiger partial charge in [-0.15, -0.1) is 0 Å². The van der Waals surface area contributed by atoms with Crippen molar-refractivity contribution in [2.75, 3.05) is 33.5 Å². The normalized spacial score (nSPS) is 12.4. The van der Waals surface area contributed by atoms with Crippen molar-refractivity contribution in [3.05, 3.63) is 28.2 Å². The average Bonchev–Trinajstić information content (AvgIpc) is 2.37. The van der Waals surface area contributed by atoms with Crippen LogP contribution in [-0.4, -0.2) is 38.6 Å². The van der Waals surface area contributed by atoms with Crippen LogP contribution in [0.25, 0.3) is 0 Å². The Kier molecular flexibility index (Phi) is 8.05. The monoisotopic (exact) mass is 332 g/mol. The van der Waals surface area contributed by atoms with Crippen LogP contribution in [0.3, 0.4) is 0 Å². The van der Waals surface area contributed by atoms with E-state index in [1.807, 2.05) is 18.2 Å². The summed E-state index contributed by atoms with van der Waals surface area (Å²) in [4.78, 5) is 0. The van der Waals surface area contributed by atoms with Gasteiger partial charge in [0.05, 0.1) is 12.7 Å². The average molecular weight is 333 g/mol. The molecule has 0 saturated carbocycles. The van der Waals surface area contributed by atoms with Gasteiger partial charge in [0.1, 0.15) is 12.4 Å². The first-order valence-corrected chi connectivity index (χ1v) is 7.11. The molecule has 0 bridgehead atoms. The van der Waals surface area contributed by atoms with Crippen LogP contribution in [0.2, 0.25) is 0 Å². The molecule has 1 N–H and O–H groups in total. The van der Waals surface area contributed by atoms with Crippen LogP contribution in [0, 0.1) is 0 Å². The zero-order valence-corrected chi connectivity index (χ0v) is 13.0. The third-order valence-corrected chi connectivity index (χ3v) is 3.04. The fourth-order valence-corrected chi connectivity index (χ4v) is 1.94. The second kappa shape index (κ2) is 9.31. The van der Waals surface area contributed by atoms with Crippen molar-refractivity contribution in [2.24, 2.45) is 0 Å². The Labute approximate surface area is 122 Å². The molecule has 0 heterocycles. The van der Waals surface area contributed by atoms with Gasteiger partial charge < -0.3 is 19.3 Å². The molecule has 0 amide bonds. The summed E-state index contributed by atoms with van der Waals surface area (Å²) in [6.07, 6.45) is 0.331. The minimum absolute atomic E-state index is 0.461. The van der Waals surface area contributed by atoms with E-state index in [-0.39, 0.29) is 0 Å². The van der Waals surface area contributed by atoms with E-state index < -0.39 is 6.10 Å². The molecule has 4 nitrogen and oxygen atoms in total. The van der Waals surface area contributed by atoms with Gasteiger partial charge in [-0.2, -0.15) is 0 Å². The molecule has 0 aliphatic heterocycles. The van der Waals surface area contributed by atoms with Crippen LogP contribution in [0.5, 0.6) is 5.75 Å². The summed E-state index contributed by atoms with van der Waals surface area (Å²) >= 11 is 3.39. The predicted molar refractivity (Wildman–Crippen MR) is 77.6 cm³/mol. The maximum absolute atomic E-state index is 9.65. The summed E-state index contributed by atoms with van der Waals surface area (Å²) in [5.74, 6) is 0.685. The smallest absolute Gasteiger partial charge is 0.126 e. The molecule has 108 valence electrons. The van der Waals surface area contributed by atoms with E-state index in [1.54, 1.807) is 14.0 Å². The van der Waals surface area contributed by atoms with Gasteiger partial charge in [0.15, 0.2) is 0 Å². The van der Waals surface area contributed by atoms with E-state index in [0.29, 0.717) is 32.2 Å². The summed E-state index contributed by atoms with van der Waals surface area (Å²) in [6.45, 7) is 4.08. The molecular formula is C14H21BrO4. The maximum Gasteiger partial charge on any atom is 0.126 e. The Morgan fingerprint density at radius 2 is 2.00 bits per heavy atom. The predicted octanol–water partition coefficient (Wildman–Crippen LogP) is 2.93. The molecule has 0 aliphatic carbocycles. The first-order chi connectivity index (χ1) is 9.15. The number of hydrogen-bond acceptors (Lipinski definition) is 4. The highest BCUT2D eigenvalue weighted by atomic mass is 79.9. The number of hydrogen-bond donors (Lipinski definition) is 1. The quantitative estimate of drug-likeness (QED) is 0.706. The molecule has 0 unspecified atom stereocenters. The summed E-state index contributed by atoms with van der Waals surface area (Å²) in [7, 11) is 1.67. The van der Waals surface area contributed by atoms with Crippen molar-refractivity contribution in [2.45, 2.75) is 19.4 Å². The third-order valence-electron chi connectivity index (χ3n) is 2.55. The fraction of sp³-hybridized carbons (Fsp3) is 0.571. The van der Waals surface area contributed by atoms with E-state index in [2.05, 4.69) is 15.9 Å². The van der Waals surface area contributed by atoms with Gasteiger partial charge in [-0.05, 0) is 25.5 Å². The van der Waals surface area contributed by atoms with Crippen molar-refractivity contribution < 1.29 is 19.3 Å². The van der Waals surface area contributed by atoms with Crippen LogP contribution in [0.1, 0.15) is 25.0 Å². The topological polar surface area (TPSA) is 47.9 Å². The first kappa shape index (κ1) is 16.4. The van der Waals surface area contributed by atoms with Gasteiger partial charge >= 0.3 is 0 Å². The summed E-state index contributed by atoms with van der Waals surface area (Å²) in [5.41, 5.74) is 0.780. The molecule has 0 fully saturated rings. The zero-order valence-electron chi connectivity index (χ0n) is 11.4. The lowest BCUT2D eigenvalue weighted by molar-refractivity contribution is 0.0795. The number of aliphatic hydroxyl groups is 1. The van der Waals surface area contributed by atoms with E-state index in [0.717, 1.165) is 16.5 Å². The van der Waals surface area contributed by atoms with E-state index >= 15 is 0 Å². The van der Waals surface area contributed by atoms with E-state index in [4.69, 9.17) is 14.2 Å². The molecule has 0 aliphatic rings. The fourth-order valence-electron chi connectivity index (χ4n) is 1.60. The minimum atomic E-state index is -0.550. The zero-order chi connectivity index (χ0) is 14.1. The Hall–Kier alpha value is -0.620. The van der Waals surface area contributed by atoms with Crippen LogP contribution >= 0.6 is 15.9 Å². The highest BCUT2D eigenvalue weighted by Gasteiger charge is 2.09. The molecular weight excluding hydrogens is 312 g/mol. The summed E-state index contributed by atoms with van der Waals surface area (Å²) in [6, 6.07) is 5.59. The largest absolute Gasteiger partial charge is 0.491 e. The van der Waals surface area contributed by atoms with E-state index in [1.165, 1.54) is 0 Å². The number of halogens is 1. The molecule has 1 rings (SSSR count). The Bertz CT molecular complexity index is 368. The highest BCUT2D eigenvalue weighted by molar-refractivity contribution is 9.10. The molecule has 0 saturated heterocycles. The van der Waals surface area contributed by atoms with Crippen LogP contribution in [0.15, 0.2) is 22.7 Å². The third kappa shape index (κ3) is 6.38. The maximum atomic E-state index is 9.65. The second-order valence-electron chi connectivity index (χ2n) is 4.17. The van der Waals surface area contributed by atoms with Crippen LogP contribution < -0.4 is 4.74 Å². The standard InChI is InChI=1S/C14H21BrO4/c1-11(16)13-5-4-12(15)10-14(13)19-9-8-18-7-3-6-17-2/h4-5,10-11,16H,3,6-9H2,1-2H3/t11-/m0/s1. The summed E-state index contributed by atoms with van der Waals surface area (Å²) in [5, 5.41) is 9.65. The number of ether oxygens (including phenoxy) is 3. The van der Waals surface area contributed by atoms with Crippen LogP contribution in [0.4, 0.5) is 0 Å². The molecule has 1 atom stereocenters. The Balaban J connectivity index is 2.34. The first-order valence-electron chi connectivity index (χ1n) is 6.32. The molecule has 0 radical (unpaired) electrons. The lowest BCUT2D eigenvalue weighted by atomic mass is 10.1. The van der Waals surface area contributed by atoms with Gasteiger partial charge in [0.25, 0.3) is 0 Å². The lowest BCUT2D eigenvalue weighted by Crippen LogP contribution is -2.10. The van der Waals surface area contributed by atoms with Gasteiger partial charge in [0, 0.05) is 30.4 Å². The Morgan fingerprint density at radius 3 is 2.68 bits per heavy atom. The molecule has 0 spiro atoms. The van der Waals surface area contributed by atoms with Crippen molar-refractivity contribution in [3.8, 4) is 5.75 Å². The molecule has 0 aromatic heterocycles. The number of aliphatic hydroxyl groups excluding tert-OH is 1. The molecule has 5 heteroatoms. The molecule has 1 aromatic rings. The summed E-state index contributed by atoms with van der Waals surface area (Å²) < 4.78 is 16.9. The van der Waals surface area contributed by atoms with Crippen molar-refractivity contribution in [1.82, 2.24) is 0 Å². The Morgan fingerprint density at radius 1 is 1.21 bits per heavy atom. The number of methoxy groups -OCH3 is 1. The number of rotatable bonds is 9. The lowest BCUT2D eigenvalue weighted by Gasteiger charge is -2.14. The SMILES string of the molecule is COCCCOCCOc1cc(Br)ccc1[C@H](C)O. The highest BCUT2D eigenvalue weighted by Crippen LogP contribution is 2.28. The van der Waals surface area contributed by atoms with Gasteiger partial charge in [-0.1, -0.05) is 22.0 Å². The van der Waals surface area contributed by atoms with Gasteiger partial charge in [-0.25, -0.2) is 0 Å².